The van der Waals surface area contributed by atoms with Crippen molar-refractivity contribution in [2.75, 3.05) is 7.11 Å². The van der Waals surface area contributed by atoms with E-state index in [1.165, 1.54) is 11.1 Å². The molecular weight excluding hydrogens is 174 g/mol. The predicted molar refractivity (Wildman–Crippen MR) is 59.8 cm³/mol. The number of methoxy groups -OCH3 is 1. The molecule has 0 heterocycles. The van der Waals surface area contributed by atoms with Crippen molar-refractivity contribution in [3.63, 3.8) is 0 Å². The van der Waals surface area contributed by atoms with Gasteiger partial charge in [0.05, 0.1) is 7.11 Å². The molecule has 2 nitrogen and oxygen atoms in total. The Morgan fingerprint density at radius 1 is 1.29 bits per heavy atom. The van der Waals surface area contributed by atoms with Gasteiger partial charge in [-0.25, -0.2) is 0 Å². The first-order valence-corrected chi connectivity index (χ1v) is 4.96. The van der Waals surface area contributed by atoms with Gasteiger partial charge in [-0.15, -0.1) is 0 Å². The van der Waals surface area contributed by atoms with Gasteiger partial charge in [-0.05, 0) is 31.4 Å². The lowest BCUT2D eigenvalue weighted by Gasteiger charge is -2.19. The molecule has 0 radical (unpaired) electrons. The van der Waals surface area contributed by atoms with Crippen LogP contribution in [0.5, 0.6) is 5.75 Å². The third-order valence-electron chi connectivity index (χ3n) is 2.66. The highest BCUT2D eigenvalue weighted by atomic mass is 16.5. The van der Waals surface area contributed by atoms with Crippen molar-refractivity contribution < 1.29 is 4.74 Å². The summed E-state index contributed by atoms with van der Waals surface area (Å²) in [4.78, 5) is 0. The van der Waals surface area contributed by atoms with Gasteiger partial charge in [0, 0.05) is 6.04 Å². The van der Waals surface area contributed by atoms with Gasteiger partial charge in [0.25, 0.3) is 0 Å². The summed E-state index contributed by atoms with van der Waals surface area (Å²) in [7, 11) is 1.70. The van der Waals surface area contributed by atoms with Gasteiger partial charge >= 0.3 is 0 Å². The monoisotopic (exact) mass is 193 g/mol. The molecule has 2 N–H and O–H groups in total. The lowest BCUT2D eigenvalue weighted by Crippen LogP contribution is -2.22. The van der Waals surface area contributed by atoms with Gasteiger partial charge in [0.15, 0.2) is 0 Å². The Kier molecular flexibility index (Phi) is 3.53. The molecule has 2 unspecified atom stereocenters. The van der Waals surface area contributed by atoms with Crippen LogP contribution in [0.2, 0.25) is 0 Å². The molecule has 0 fully saturated rings. The molecule has 14 heavy (non-hydrogen) atoms. The van der Waals surface area contributed by atoms with Crippen molar-refractivity contribution in [3.8, 4) is 5.75 Å². The van der Waals surface area contributed by atoms with Crippen LogP contribution < -0.4 is 10.5 Å². The van der Waals surface area contributed by atoms with E-state index in [9.17, 15) is 0 Å². The molecule has 2 heteroatoms. The van der Waals surface area contributed by atoms with E-state index in [1.807, 2.05) is 13.0 Å². The number of hydrogen-bond acceptors (Lipinski definition) is 2. The second-order valence-electron chi connectivity index (χ2n) is 3.89. The van der Waals surface area contributed by atoms with Gasteiger partial charge in [0.1, 0.15) is 5.75 Å². The molecule has 0 aliphatic carbocycles. The summed E-state index contributed by atoms with van der Waals surface area (Å²) in [5.74, 6) is 1.25. The number of benzene rings is 1. The SMILES string of the molecule is COc1ccc(C)cc1C(C)C(C)N. The molecule has 1 aromatic carbocycles. The molecule has 1 aromatic rings. The summed E-state index contributed by atoms with van der Waals surface area (Å²) in [6.07, 6.45) is 0. The lowest BCUT2D eigenvalue weighted by molar-refractivity contribution is 0.403. The molecule has 0 aliphatic rings. The van der Waals surface area contributed by atoms with Crippen LogP contribution in [0.25, 0.3) is 0 Å². The fourth-order valence-corrected chi connectivity index (χ4v) is 1.49. The molecule has 2 atom stereocenters. The zero-order valence-electron chi connectivity index (χ0n) is 9.37. The zero-order valence-corrected chi connectivity index (χ0v) is 9.37. The largest absolute Gasteiger partial charge is 0.496 e. The maximum atomic E-state index is 5.89. The topological polar surface area (TPSA) is 35.2 Å². The predicted octanol–water partition coefficient (Wildman–Crippen LogP) is 2.45. The van der Waals surface area contributed by atoms with E-state index >= 15 is 0 Å². The Bertz CT molecular complexity index is 307. The normalized spacial score (nSPS) is 14.9. The van der Waals surface area contributed by atoms with E-state index in [0.29, 0.717) is 5.92 Å². The van der Waals surface area contributed by atoms with Crippen LogP contribution in [0, 0.1) is 6.92 Å². The number of rotatable bonds is 3. The summed E-state index contributed by atoms with van der Waals surface area (Å²) < 4.78 is 5.32. The van der Waals surface area contributed by atoms with E-state index in [0.717, 1.165) is 5.75 Å². The third-order valence-corrected chi connectivity index (χ3v) is 2.66. The molecular formula is C12H19NO. The summed E-state index contributed by atoms with van der Waals surface area (Å²) in [5.41, 5.74) is 8.33. The highest BCUT2D eigenvalue weighted by molar-refractivity contribution is 5.39. The maximum absolute atomic E-state index is 5.89. The number of aryl methyl sites for hydroxylation is 1. The highest BCUT2D eigenvalue weighted by Crippen LogP contribution is 2.28. The van der Waals surface area contributed by atoms with Crippen LogP contribution in [0.4, 0.5) is 0 Å². The van der Waals surface area contributed by atoms with Crippen LogP contribution >= 0.6 is 0 Å². The summed E-state index contributed by atoms with van der Waals surface area (Å²) in [6, 6.07) is 6.35. The minimum atomic E-state index is 0.144. The van der Waals surface area contributed by atoms with Crippen LogP contribution in [0.1, 0.15) is 30.9 Å². The van der Waals surface area contributed by atoms with Crippen molar-refractivity contribution in [2.45, 2.75) is 32.7 Å². The smallest absolute Gasteiger partial charge is 0.122 e. The molecule has 0 saturated heterocycles. The van der Waals surface area contributed by atoms with Gasteiger partial charge in [-0.1, -0.05) is 24.6 Å². The average molecular weight is 193 g/mol. The Labute approximate surface area is 86.1 Å². The van der Waals surface area contributed by atoms with E-state index < -0.39 is 0 Å². The quantitative estimate of drug-likeness (QED) is 0.800. The van der Waals surface area contributed by atoms with Crippen LogP contribution in [0.15, 0.2) is 18.2 Å². The Morgan fingerprint density at radius 2 is 1.93 bits per heavy atom. The Morgan fingerprint density at radius 3 is 2.43 bits per heavy atom. The first kappa shape index (κ1) is 11.1. The first-order valence-electron chi connectivity index (χ1n) is 4.96. The summed E-state index contributed by atoms with van der Waals surface area (Å²) in [6.45, 7) is 6.23. The molecule has 0 spiro atoms. The molecule has 78 valence electrons. The molecule has 0 saturated carbocycles. The van der Waals surface area contributed by atoms with Crippen molar-refractivity contribution in [2.24, 2.45) is 5.73 Å². The molecule has 0 aliphatic heterocycles. The van der Waals surface area contributed by atoms with E-state index in [-0.39, 0.29) is 6.04 Å². The zero-order chi connectivity index (χ0) is 10.7. The first-order chi connectivity index (χ1) is 6.56. The molecule has 0 amide bonds. The molecule has 1 rings (SSSR count). The van der Waals surface area contributed by atoms with Crippen LogP contribution in [-0.4, -0.2) is 13.2 Å². The lowest BCUT2D eigenvalue weighted by atomic mass is 9.93. The van der Waals surface area contributed by atoms with Gasteiger partial charge in [-0.2, -0.15) is 0 Å². The third kappa shape index (κ3) is 2.26. The summed E-state index contributed by atoms with van der Waals surface area (Å²) >= 11 is 0. The second-order valence-corrected chi connectivity index (χ2v) is 3.89. The number of ether oxygens (including phenoxy) is 1. The van der Waals surface area contributed by atoms with Crippen molar-refractivity contribution in [1.82, 2.24) is 0 Å². The van der Waals surface area contributed by atoms with E-state index in [1.54, 1.807) is 7.11 Å². The van der Waals surface area contributed by atoms with Crippen molar-refractivity contribution in [3.05, 3.63) is 29.3 Å². The molecule has 0 aromatic heterocycles. The average Bonchev–Trinajstić information content (AvgIpc) is 2.16. The minimum absolute atomic E-state index is 0.144. The Balaban J connectivity index is 3.10. The van der Waals surface area contributed by atoms with Gasteiger partial charge in [0.2, 0.25) is 0 Å². The van der Waals surface area contributed by atoms with Crippen LogP contribution in [-0.2, 0) is 0 Å². The summed E-state index contributed by atoms with van der Waals surface area (Å²) in [5, 5.41) is 0. The Hall–Kier alpha value is -1.02. The highest BCUT2D eigenvalue weighted by Gasteiger charge is 2.14. The van der Waals surface area contributed by atoms with E-state index in [2.05, 4.69) is 26.0 Å². The van der Waals surface area contributed by atoms with Crippen LogP contribution in [0.3, 0.4) is 0 Å². The second kappa shape index (κ2) is 4.47. The number of hydrogen-bond donors (Lipinski definition) is 1. The van der Waals surface area contributed by atoms with Gasteiger partial charge < -0.3 is 10.5 Å². The fraction of sp³-hybridized carbons (Fsp3) is 0.500. The minimum Gasteiger partial charge on any atom is -0.496 e. The standard InChI is InChI=1S/C12H19NO/c1-8-5-6-12(14-4)11(7-8)9(2)10(3)13/h5-7,9-10H,13H2,1-4H3. The maximum Gasteiger partial charge on any atom is 0.122 e. The number of nitrogens with two attached hydrogens (primary N) is 1. The van der Waals surface area contributed by atoms with Crippen molar-refractivity contribution >= 4 is 0 Å². The fourth-order valence-electron chi connectivity index (χ4n) is 1.49. The van der Waals surface area contributed by atoms with Crippen molar-refractivity contribution in [1.29, 1.82) is 0 Å². The van der Waals surface area contributed by atoms with Gasteiger partial charge in [-0.3, -0.25) is 0 Å². The molecule has 0 bridgehead atoms. The van der Waals surface area contributed by atoms with E-state index in [4.69, 9.17) is 10.5 Å².